The Morgan fingerprint density at radius 3 is 2.34 bits per heavy atom. The molecule has 0 unspecified atom stereocenters. The number of carbonyl (C=O) groups is 1. The molecule has 2 aliphatic rings. The lowest BCUT2D eigenvalue weighted by atomic mass is 9.68. The second-order valence-electron chi connectivity index (χ2n) is 9.00. The molecule has 2 heterocycles. The van der Waals surface area contributed by atoms with Gasteiger partial charge in [-0.3, -0.25) is 14.8 Å². The molecule has 1 aliphatic carbocycles. The number of benzene rings is 1. The fourth-order valence-corrected chi connectivity index (χ4v) is 5.40. The molecular formula is C24H32N6O2. The summed E-state index contributed by atoms with van der Waals surface area (Å²) in [6.07, 6.45) is 6.96. The largest absolute Gasteiger partial charge is 0.395 e. The molecule has 1 aromatic carbocycles. The summed E-state index contributed by atoms with van der Waals surface area (Å²) in [5, 5.41) is 9.72. The number of β-amino-alcohol motifs (C(OH)–C–C–N with tert-alkyl or cyclic N) is 1. The second kappa shape index (κ2) is 8.96. The molecule has 32 heavy (non-hydrogen) atoms. The average molecular weight is 437 g/mol. The Morgan fingerprint density at radius 1 is 1.12 bits per heavy atom. The van der Waals surface area contributed by atoms with Crippen LogP contribution < -0.4 is 4.90 Å². The van der Waals surface area contributed by atoms with Crippen molar-refractivity contribution >= 4 is 18.4 Å². The Balaban J connectivity index is 1.60. The van der Waals surface area contributed by atoms with E-state index in [-0.39, 0.29) is 23.7 Å². The lowest BCUT2D eigenvalue weighted by molar-refractivity contribution is 0.0216. The molecule has 0 bridgehead atoms. The van der Waals surface area contributed by atoms with Gasteiger partial charge in [-0.15, -0.1) is 0 Å². The topological polar surface area (TPSA) is 85.2 Å². The minimum atomic E-state index is -0.310. The lowest BCUT2D eigenvalue weighted by Crippen LogP contribution is -2.55. The van der Waals surface area contributed by atoms with Crippen molar-refractivity contribution in [1.29, 1.82) is 0 Å². The van der Waals surface area contributed by atoms with E-state index < -0.39 is 0 Å². The van der Waals surface area contributed by atoms with Gasteiger partial charge in [-0.05, 0) is 52.1 Å². The van der Waals surface area contributed by atoms with Gasteiger partial charge in [-0.2, -0.15) is 0 Å². The summed E-state index contributed by atoms with van der Waals surface area (Å²) in [6, 6.07) is 10.5. The maximum absolute atomic E-state index is 13.4. The molecule has 2 amide bonds. The van der Waals surface area contributed by atoms with Crippen molar-refractivity contribution in [3.8, 4) is 0 Å². The number of aliphatic hydroxyl groups excluding tert-OH is 1. The van der Waals surface area contributed by atoms with Crippen LogP contribution in [0.1, 0.15) is 37.1 Å². The van der Waals surface area contributed by atoms with Gasteiger partial charge in [0.15, 0.2) is 0 Å². The van der Waals surface area contributed by atoms with Crippen LogP contribution in [0, 0.1) is 0 Å². The van der Waals surface area contributed by atoms with Crippen molar-refractivity contribution in [2.24, 2.45) is 4.99 Å². The van der Waals surface area contributed by atoms with E-state index >= 15 is 0 Å². The summed E-state index contributed by atoms with van der Waals surface area (Å²) in [5.74, 6) is 0.577. The molecule has 1 spiro atoms. The maximum atomic E-state index is 13.4. The smallest absolute Gasteiger partial charge is 0.325 e. The van der Waals surface area contributed by atoms with E-state index in [4.69, 9.17) is 0 Å². The number of nitrogens with zero attached hydrogens (tertiary/aromatic N) is 6. The first-order chi connectivity index (χ1) is 15.5. The van der Waals surface area contributed by atoms with Crippen LogP contribution in [0.25, 0.3) is 0 Å². The summed E-state index contributed by atoms with van der Waals surface area (Å²) < 4.78 is 0. The Hall–Kier alpha value is -2.84. The predicted octanol–water partition coefficient (Wildman–Crippen LogP) is 2.68. The van der Waals surface area contributed by atoms with Gasteiger partial charge >= 0.3 is 6.03 Å². The van der Waals surface area contributed by atoms with Gasteiger partial charge in [0.2, 0.25) is 0 Å². The highest BCUT2D eigenvalue weighted by Gasteiger charge is 2.54. The van der Waals surface area contributed by atoms with Crippen LogP contribution in [0.15, 0.2) is 47.7 Å². The molecule has 0 radical (unpaired) electrons. The van der Waals surface area contributed by atoms with Crippen LogP contribution >= 0.6 is 0 Å². The minimum absolute atomic E-state index is 0.0563. The standard InChI is InChI=1S/C24H32N6O2/c1-25-17-21-26-15-20(16-27-21)29-18-23(30(13-14-31)22(29)32)9-11-24(12-10-23,28(2)3)19-7-5-4-6-8-19/h4-8,15-16,31H,1,9-14,17-18H2,2-3H3/t23-,24+. The summed E-state index contributed by atoms with van der Waals surface area (Å²) >= 11 is 0. The third kappa shape index (κ3) is 3.78. The number of aromatic nitrogens is 2. The van der Waals surface area contributed by atoms with E-state index in [1.54, 1.807) is 17.3 Å². The first-order valence-corrected chi connectivity index (χ1v) is 11.1. The number of urea groups is 1. The number of aliphatic hydroxyl groups is 1. The van der Waals surface area contributed by atoms with Crippen molar-refractivity contribution in [2.45, 2.75) is 43.3 Å². The number of carbonyl (C=O) groups excluding carboxylic acids is 1. The zero-order valence-corrected chi connectivity index (χ0v) is 18.9. The average Bonchev–Trinajstić information content (AvgIpc) is 3.07. The summed E-state index contributed by atoms with van der Waals surface area (Å²) in [6.45, 7) is 4.67. The molecule has 2 fully saturated rings. The lowest BCUT2D eigenvalue weighted by Gasteiger charge is -2.51. The fourth-order valence-electron chi connectivity index (χ4n) is 5.40. The van der Waals surface area contributed by atoms with Crippen molar-refractivity contribution < 1.29 is 9.90 Å². The molecule has 1 aliphatic heterocycles. The Bertz CT molecular complexity index is 939. The van der Waals surface area contributed by atoms with Crippen LogP contribution in [-0.4, -0.2) is 77.0 Å². The molecule has 1 aromatic heterocycles. The highest BCUT2D eigenvalue weighted by Crippen LogP contribution is 2.49. The highest BCUT2D eigenvalue weighted by molar-refractivity contribution is 5.95. The summed E-state index contributed by atoms with van der Waals surface area (Å²) in [4.78, 5) is 31.8. The molecule has 4 rings (SSSR count). The van der Waals surface area contributed by atoms with E-state index in [0.29, 0.717) is 31.1 Å². The number of amides is 2. The van der Waals surface area contributed by atoms with Crippen LogP contribution in [0.2, 0.25) is 0 Å². The molecule has 0 atom stereocenters. The van der Waals surface area contributed by atoms with Gasteiger partial charge in [0.05, 0.1) is 43.3 Å². The van der Waals surface area contributed by atoms with Gasteiger partial charge in [-0.25, -0.2) is 14.8 Å². The van der Waals surface area contributed by atoms with Crippen molar-refractivity contribution in [2.75, 3.05) is 38.7 Å². The Kier molecular flexibility index (Phi) is 6.26. The van der Waals surface area contributed by atoms with E-state index in [0.717, 1.165) is 25.7 Å². The number of aliphatic imine (C=N–C) groups is 1. The number of hydrogen-bond acceptors (Lipinski definition) is 6. The van der Waals surface area contributed by atoms with Gasteiger partial charge in [-0.1, -0.05) is 30.3 Å². The number of hydrogen-bond donors (Lipinski definition) is 1. The van der Waals surface area contributed by atoms with Crippen LogP contribution in [0.4, 0.5) is 10.5 Å². The number of anilines is 1. The van der Waals surface area contributed by atoms with Crippen molar-refractivity contribution in [1.82, 2.24) is 19.8 Å². The molecule has 1 saturated carbocycles. The number of rotatable bonds is 7. The van der Waals surface area contributed by atoms with Gasteiger partial charge in [0.1, 0.15) is 5.82 Å². The van der Waals surface area contributed by atoms with Crippen molar-refractivity contribution in [3.63, 3.8) is 0 Å². The zero-order valence-electron chi connectivity index (χ0n) is 18.9. The molecule has 8 nitrogen and oxygen atoms in total. The summed E-state index contributed by atoms with van der Waals surface area (Å²) in [5.41, 5.74) is 1.62. The first kappa shape index (κ1) is 22.4. The molecule has 1 N–H and O–H groups in total. The third-order valence-corrected chi connectivity index (χ3v) is 7.24. The van der Waals surface area contributed by atoms with Crippen LogP contribution in [-0.2, 0) is 12.1 Å². The fraction of sp³-hybridized carbons (Fsp3) is 0.500. The van der Waals surface area contributed by atoms with E-state index in [2.05, 4.69) is 64.9 Å². The van der Waals surface area contributed by atoms with E-state index in [9.17, 15) is 9.90 Å². The van der Waals surface area contributed by atoms with Crippen molar-refractivity contribution in [3.05, 3.63) is 54.1 Å². The molecule has 170 valence electrons. The maximum Gasteiger partial charge on any atom is 0.325 e. The van der Waals surface area contributed by atoms with Gasteiger partial charge in [0, 0.05) is 12.1 Å². The van der Waals surface area contributed by atoms with E-state index in [1.165, 1.54) is 5.56 Å². The SMILES string of the molecule is C=NCc1ncc(N2C[C@]3(CC[C@](c4ccccc4)(N(C)C)CC3)N(CCO)C2=O)cn1. The van der Waals surface area contributed by atoms with E-state index in [1.807, 2.05) is 11.0 Å². The quantitative estimate of drug-likeness (QED) is 0.675. The second-order valence-corrected chi connectivity index (χ2v) is 9.00. The normalized spacial score (nSPS) is 25.7. The molecule has 2 aromatic rings. The monoisotopic (exact) mass is 436 g/mol. The highest BCUT2D eigenvalue weighted by atomic mass is 16.3. The molecule has 1 saturated heterocycles. The molecule has 8 heteroatoms. The first-order valence-electron chi connectivity index (χ1n) is 11.1. The predicted molar refractivity (Wildman–Crippen MR) is 125 cm³/mol. The Morgan fingerprint density at radius 2 is 1.78 bits per heavy atom. The Labute approximate surface area is 189 Å². The van der Waals surface area contributed by atoms with Gasteiger partial charge < -0.3 is 10.0 Å². The van der Waals surface area contributed by atoms with Crippen LogP contribution in [0.3, 0.4) is 0 Å². The van der Waals surface area contributed by atoms with Crippen LogP contribution in [0.5, 0.6) is 0 Å². The molecular weight excluding hydrogens is 404 g/mol. The summed E-state index contributed by atoms with van der Waals surface area (Å²) in [7, 11) is 4.28. The minimum Gasteiger partial charge on any atom is -0.395 e. The third-order valence-electron chi connectivity index (χ3n) is 7.24. The zero-order chi connectivity index (χ0) is 22.8. The van der Waals surface area contributed by atoms with Gasteiger partial charge in [0.25, 0.3) is 0 Å².